The molecule has 5 heteroatoms. The molecule has 0 bridgehead atoms. The number of carbonyl (C=O) groups is 2. The minimum absolute atomic E-state index is 0.0647. The summed E-state index contributed by atoms with van der Waals surface area (Å²) < 4.78 is 5.34. The van der Waals surface area contributed by atoms with Crippen molar-refractivity contribution in [3.05, 3.63) is 35.4 Å². The highest BCUT2D eigenvalue weighted by molar-refractivity contribution is 5.83. The van der Waals surface area contributed by atoms with Gasteiger partial charge in [0.25, 0.3) is 0 Å². The van der Waals surface area contributed by atoms with Crippen LogP contribution in [0.2, 0.25) is 0 Å². The molecular weight excluding hydrogens is 294 g/mol. The van der Waals surface area contributed by atoms with E-state index in [1.54, 1.807) is 0 Å². The molecule has 1 aliphatic rings. The standard InChI is InChI=1S/C18H25NO4/c1-13-3-5-15(6-4-13)14(2)17(22)19-12-18(11-16(20)21)7-9-23-10-8-18/h3-6,14H,7-12H2,1-2H3,(H,19,22)(H,20,21). The van der Waals surface area contributed by atoms with Gasteiger partial charge in [0.1, 0.15) is 0 Å². The molecule has 1 aliphatic heterocycles. The number of ether oxygens (including phenoxy) is 1. The molecule has 1 saturated heterocycles. The van der Waals surface area contributed by atoms with Crippen LogP contribution in [0.25, 0.3) is 0 Å². The first kappa shape index (κ1) is 17.5. The van der Waals surface area contributed by atoms with Crippen LogP contribution in [0.3, 0.4) is 0 Å². The molecule has 2 rings (SSSR count). The quantitative estimate of drug-likeness (QED) is 0.844. The Hall–Kier alpha value is -1.88. The molecule has 0 aromatic heterocycles. The molecule has 0 spiro atoms. The van der Waals surface area contributed by atoms with Gasteiger partial charge in [-0.3, -0.25) is 9.59 Å². The summed E-state index contributed by atoms with van der Waals surface area (Å²) in [7, 11) is 0. The summed E-state index contributed by atoms with van der Waals surface area (Å²) in [6, 6.07) is 7.90. The van der Waals surface area contributed by atoms with Crippen LogP contribution in [0.15, 0.2) is 24.3 Å². The Kier molecular flexibility index (Phi) is 5.77. The molecule has 1 heterocycles. The van der Waals surface area contributed by atoms with Crippen LogP contribution in [-0.4, -0.2) is 36.7 Å². The highest BCUT2D eigenvalue weighted by Gasteiger charge is 2.35. The first-order chi connectivity index (χ1) is 10.9. The number of amides is 1. The Balaban J connectivity index is 1.97. The number of hydrogen-bond acceptors (Lipinski definition) is 3. The van der Waals surface area contributed by atoms with Gasteiger partial charge in [0.15, 0.2) is 0 Å². The van der Waals surface area contributed by atoms with Crippen LogP contribution >= 0.6 is 0 Å². The zero-order valence-electron chi connectivity index (χ0n) is 13.8. The summed E-state index contributed by atoms with van der Waals surface area (Å²) >= 11 is 0. The van der Waals surface area contributed by atoms with Crippen molar-refractivity contribution in [2.75, 3.05) is 19.8 Å². The van der Waals surface area contributed by atoms with Crippen molar-refractivity contribution in [3.8, 4) is 0 Å². The average Bonchev–Trinajstić information content (AvgIpc) is 2.53. The average molecular weight is 319 g/mol. The number of hydrogen-bond donors (Lipinski definition) is 2. The van der Waals surface area contributed by atoms with Crippen LogP contribution in [0, 0.1) is 12.3 Å². The summed E-state index contributed by atoms with van der Waals surface area (Å²) in [5.74, 6) is -1.14. The van der Waals surface area contributed by atoms with E-state index in [0.29, 0.717) is 32.6 Å². The molecular formula is C18H25NO4. The van der Waals surface area contributed by atoms with E-state index in [1.807, 2.05) is 38.1 Å². The summed E-state index contributed by atoms with van der Waals surface area (Å²) in [6.07, 6.45) is 1.40. The van der Waals surface area contributed by atoms with Crippen LogP contribution in [-0.2, 0) is 14.3 Å². The largest absolute Gasteiger partial charge is 0.481 e. The second-order valence-corrected chi connectivity index (χ2v) is 6.53. The second kappa shape index (κ2) is 7.59. The number of nitrogens with one attached hydrogen (secondary N) is 1. The van der Waals surface area contributed by atoms with E-state index in [-0.39, 0.29) is 18.2 Å². The lowest BCUT2D eigenvalue weighted by molar-refractivity contribution is -0.142. The predicted molar refractivity (Wildman–Crippen MR) is 87.3 cm³/mol. The Morgan fingerprint density at radius 1 is 1.26 bits per heavy atom. The van der Waals surface area contributed by atoms with Crippen molar-refractivity contribution in [3.63, 3.8) is 0 Å². The van der Waals surface area contributed by atoms with Crippen molar-refractivity contribution in [1.82, 2.24) is 5.32 Å². The van der Waals surface area contributed by atoms with E-state index in [0.717, 1.165) is 11.1 Å². The highest BCUT2D eigenvalue weighted by Crippen LogP contribution is 2.33. The molecule has 1 unspecified atom stereocenters. The number of benzene rings is 1. The van der Waals surface area contributed by atoms with Crippen LogP contribution in [0.1, 0.15) is 43.2 Å². The fourth-order valence-electron chi connectivity index (χ4n) is 2.98. The summed E-state index contributed by atoms with van der Waals surface area (Å²) in [5, 5.41) is 12.1. The van der Waals surface area contributed by atoms with E-state index in [2.05, 4.69) is 5.32 Å². The number of carboxylic acid groups (broad SMARTS) is 1. The van der Waals surface area contributed by atoms with Gasteiger partial charge in [0, 0.05) is 25.2 Å². The number of rotatable bonds is 6. The van der Waals surface area contributed by atoms with Gasteiger partial charge in [-0.1, -0.05) is 29.8 Å². The molecule has 126 valence electrons. The molecule has 0 radical (unpaired) electrons. The number of aryl methyl sites for hydroxylation is 1. The third-order valence-electron chi connectivity index (χ3n) is 4.69. The smallest absolute Gasteiger partial charge is 0.303 e. The van der Waals surface area contributed by atoms with E-state index in [4.69, 9.17) is 9.84 Å². The molecule has 23 heavy (non-hydrogen) atoms. The second-order valence-electron chi connectivity index (χ2n) is 6.53. The maximum atomic E-state index is 12.4. The number of carbonyl (C=O) groups excluding carboxylic acids is 1. The van der Waals surface area contributed by atoms with E-state index in [9.17, 15) is 9.59 Å². The maximum Gasteiger partial charge on any atom is 0.303 e. The first-order valence-corrected chi connectivity index (χ1v) is 8.06. The molecule has 2 N–H and O–H groups in total. The lowest BCUT2D eigenvalue weighted by Gasteiger charge is -2.36. The maximum absolute atomic E-state index is 12.4. The predicted octanol–water partition coefficient (Wildman–Crippen LogP) is 2.49. The summed E-state index contributed by atoms with van der Waals surface area (Å²) in [4.78, 5) is 23.6. The number of carboxylic acids is 1. The number of aliphatic carboxylic acids is 1. The molecule has 1 atom stereocenters. The molecule has 0 saturated carbocycles. The topological polar surface area (TPSA) is 75.6 Å². The fourth-order valence-corrected chi connectivity index (χ4v) is 2.98. The SMILES string of the molecule is Cc1ccc(C(C)C(=O)NCC2(CC(=O)O)CCOCC2)cc1. The Morgan fingerprint density at radius 2 is 1.87 bits per heavy atom. The normalized spacial score (nSPS) is 18.2. The van der Waals surface area contributed by atoms with Crippen molar-refractivity contribution >= 4 is 11.9 Å². The Labute approximate surface area is 137 Å². The highest BCUT2D eigenvalue weighted by atomic mass is 16.5. The lowest BCUT2D eigenvalue weighted by atomic mass is 9.77. The van der Waals surface area contributed by atoms with E-state index >= 15 is 0 Å². The van der Waals surface area contributed by atoms with Gasteiger partial charge in [-0.15, -0.1) is 0 Å². The third-order valence-corrected chi connectivity index (χ3v) is 4.69. The van der Waals surface area contributed by atoms with Gasteiger partial charge < -0.3 is 15.2 Å². The third kappa shape index (κ3) is 4.79. The van der Waals surface area contributed by atoms with Gasteiger partial charge in [-0.2, -0.15) is 0 Å². The van der Waals surface area contributed by atoms with Gasteiger partial charge in [-0.25, -0.2) is 0 Å². The monoisotopic (exact) mass is 319 g/mol. The summed E-state index contributed by atoms with van der Waals surface area (Å²) in [5.41, 5.74) is 1.73. The Morgan fingerprint density at radius 3 is 2.43 bits per heavy atom. The molecule has 1 aromatic rings. The van der Waals surface area contributed by atoms with Crippen molar-refractivity contribution < 1.29 is 19.4 Å². The zero-order chi connectivity index (χ0) is 16.9. The van der Waals surface area contributed by atoms with Gasteiger partial charge in [0.2, 0.25) is 5.91 Å². The van der Waals surface area contributed by atoms with E-state index < -0.39 is 11.4 Å². The van der Waals surface area contributed by atoms with Crippen molar-refractivity contribution in [2.24, 2.45) is 5.41 Å². The van der Waals surface area contributed by atoms with Gasteiger partial charge >= 0.3 is 5.97 Å². The van der Waals surface area contributed by atoms with Crippen LogP contribution in [0.4, 0.5) is 0 Å². The zero-order valence-corrected chi connectivity index (χ0v) is 13.8. The minimum Gasteiger partial charge on any atom is -0.481 e. The Bertz CT molecular complexity index is 547. The molecule has 1 fully saturated rings. The first-order valence-electron chi connectivity index (χ1n) is 8.06. The van der Waals surface area contributed by atoms with Crippen molar-refractivity contribution in [1.29, 1.82) is 0 Å². The lowest BCUT2D eigenvalue weighted by Crippen LogP contribution is -2.43. The molecule has 1 aromatic carbocycles. The summed E-state index contributed by atoms with van der Waals surface area (Å²) in [6.45, 7) is 5.37. The van der Waals surface area contributed by atoms with E-state index in [1.165, 1.54) is 0 Å². The van der Waals surface area contributed by atoms with Crippen LogP contribution < -0.4 is 5.32 Å². The molecule has 0 aliphatic carbocycles. The van der Waals surface area contributed by atoms with Gasteiger partial charge in [-0.05, 0) is 32.3 Å². The van der Waals surface area contributed by atoms with Gasteiger partial charge in [0.05, 0.1) is 12.3 Å². The minimum atomic E-state index is -0.826. The van der Waals surface area contributed by atoms with Crippen molar-refractivity contribution in [2.45, 2.75) is 39.0 Å². The molecule has 5 nitrogen and oxygen atoms in total. The van der Waals surface area contributed by atoms with Crippen LogP contribution in [0.5, 0.6) is 0 Å². The molecule has 1 amide bonds. The fraction of sp³-hybridized carbons (Fsp3) is 0.556.